The summed E-state index contributed by atoms with van der Waals surface area (Å²) in [6.07, 6.45) is 0. The molecule has 0 unspecified atom stereocenters. The van der Waals surface area contributed by atoms with Crippen molar-refractivity contribution in [3.05, 3.63) is 24.7 Å². The monoisotopic (exact) mass is 187 g/mol. The zero-order valence-corrected chi connectivity index (χ0v) is 8.85. The Kier molecular flexibility index (Phi) is 5.49. The van der Waals surface area contributed by atoms with Crippen molar-refractivity contribution in [1.29, 1.82) is 0 Å². The van der Waals surface area contributed by atoms with E-state index in [1.807, 2.05) is 6.92 Å². The maximum absolute atomic E-state index is 5.20. The largest absolute Gasteiger partial charge is 0.736 e. The minimum absolute atomic E-state index is 0.564. The number of hydrogen-bond donors (Lipinski definition) is 0. The van der Waals surface area contributed by atoms with E-state index in [2.05, 4.69) is 13.2 Å². The highest BCUT2D eigenvalue weighted by Crippen LogP contribution is 2.03. The Morgan fingerprint density at radius 1 is 1.17 bits per heavy atom. The number of hydrogen-bond acceptors (Lipinski definition) is 3. The second-order valence-electron chi connectivity index (χ2n) is 2.29. The first-order valence-electron chi connectivity index (χ1n) is 3.72. The zero-order valence-electron chi connectivity index (χ0n) is 7.85. The van der Waals surface area contributed by atoms with Crippen molar-refractivity contribution in [2.75, 3.05) is 6.61 Å². The summed E-state index contributed by atoms with van der Waals surface area (Å²) < 4.78 is 15.6. The van der Waals surface area contributed by atoms with Gasteiger partial charge in [-0.15, -0.1) is 0 Å². The van der Waals surface area contributed by atoms with Gasteiger partial charge in [0.15, 0.2) is 0 Å². The van der Waals surface area contributed by atoms with Gasteiger partial charge >= 0.3 is 9.53 Å². The first-order chi connectivity index (χ1) is 5.56. The number of rotatable bonds is 6. The minimum Gasteiger partial charge on any atom is -0.494 e. The Balaban J connectivity index is 3.85. The molecule has 69 valence electrons. The highest BCUT2D eigenvalue weighted by molar-refractivity contribution is 6.37. The van der Waals surface area contributed by atoms with Crippen molar-refractivity contribution in [2.24, 2.45) is 0 Å². The van der Waals surface area contributed by atoms with Crippen molar-refractivity contribution in [2.45, 2.75) is 20.8 Å². The van der Waals surface area contributed by atoms with Crippen molar-refractivity contribution in [1.82, 2.24) is 0 Å². The molecule has 0 saturated carbocycles. The van der Waals surface area contributed by atoms with Gasteiger partial charge in [-0.2, -0.15) is 0 Å². The first kappa shape index (κ1) is 11.3. The van der Waals surface area contributed by atoms with Gasteiger partial charge < -0.3 is 13.3 Å². The molecule has 3 nitrogen and oxygen atoms in total. The Bertz CT molecular complexity index is 152. The maximum atomic E-state index is 5.20. The van der Waals surface area contributed by atoms with Gasteiger partial charge in [0.25, 0.3) is 0 Å². The predicted molar refractivity (Wildman–Crippen MR) is 49.2 cm³/mol. The van der Waals surface area contributed by atoms with Gasteiger partial charge in [0.05, 0.1) is 11.5 Å². The minimum atomic E-state index is -1.69. The lowest BCUT2D eigenvalue weighted by atomic mass is 10.7. The van der Waals surface area contributed by atoms with Crippen LogP contribution in [0, 0.1) is 0 Å². The zero-order chi connectivity index (χ0) is 9.56. The third-order valence-corrected chi connectivity index (χ3v) is 2.33. The van der Waals surface area contributed by atoms with Crippen LogP contribution in [-0.2, 0) is 13.3 Å². The summed E-state index contributed by atoms with van der Waals surface area (Å²) in [7, 11) is -1.69. The molecular formula is C8H15O3Si. The molecule has 0 fully saturated rings. The fourth-order valence-corrected chi connectivity index (χ4v) is 1.45. The molecule has 0 aromatic rings. The Labute approximate surface area is 75.6 Å². The van der Waals surface area contributed by atoms with Crippen LogP contribution in [-0.4, -0.2) is 16.1 Å². The lowest BCUT2D eigenvalue weighted by Crippen LogP contribution is -2.25. The third kappa shape index (κ3) is 6.00. The molecule has 0 aliphatic heterocycles. The van der Waals surface area contributed by atoms with Crippen molar-refractivity contribution < 1.29 is 13.3 Å². The molecule has 0 atom stereocenters. The van der Waals surface area contributed by atoms with Crippen LogP contribution in [0.1, 0.15) is 20.8 Å². The highest BCUT2D eigenvalue weighted by atomic mass is 28.3. The quantitative estimate of drug-likeness (QED) is 0.471. The van der Waals surface area contributed by atoms with Gasteiger partial charge in [0.1, 0.15) is 0 Å². The number of allylic oxidation sites excluding steroid dienone is 2. The molecule has 0 N–H and O–H groups in total. The second-order valence-corrected chi connectivity index (χ2v) is 3.49. The van der Waals surface area contributed by atoms with Crippen LogP contribution >= 0.6 is 0 Å². The molecule has 0 spiro atoms. The molecule has 0 aliphatic rings. The summed E-state index contributed by atoms with van der Waals surface area (Å²) in [4.78, 5) is 0. The Hall–Kier alpha value is -0.743. The molecule has 4 heteroatoms. The van der Waals surface area contributed by atoms with Crippen LogP contribution < -0.4 is 0 Å². The van der Waals surface area contributed by atoms with Gasteiger partial charge in [0.2, 0.25) is 0 Å². The summed E-state index contributed by atoms with van der Waals surface area (Å²) in [5, 5.41) is 0. The van der Waals surface area contributed by atoms with Crippen molar-refractivity contribution in [3.8, 4) is 0 Å². The summed E-state index contributed by atoms with van der Waals surface area (Å²) in [5.74, 6) is 1.19. The van der Waals surface area contributed by atoms with Crippen LogP contribution in [0.3, 0.4) is 0 Å². The topological polar surface area (TPSA) is 27.7 Å². The maximum Gasteiger partial charge on any atom is 0.736 e. The molecule has 12 heavy (non-hydrogen) atoms. The smallest absolute Gasteiger partial charge is 0.494 e. The summed E-state index contributed by atoms with van der Waals surface area (Å²) >= 11 is 0. The molecule has 0 aromatic heterocycles. The SMILES string of the molecule is C=C(C)O[Si](OCC)OC(=C)C. The van der Waals surface area contributed by atoms with Gasteiger partial charge in [-0.1, -0.05) is 13.2 Å². The van der Waals surface area contributed by atoms with Crippen LogP contribution in [0.4, 0.5) is 0 Å². The van der Waals surface area contributed by atoms with Crippen molar-refractivity contribution in [3.63, 3.8) is 0 Å². The van der Waals surface area contributed by atoms with Crippen LogP contribution in [0.2, 0.25) is 0 Å². The average Bonchev–Trinajstić information content (AvgIpc) is 1.84. The fourth-order valence-electron chi connectivity index (χ4n) is 0.482. The van der Waals surface area contributed by atoms with Gasteiger partial charge in [-0.05, 0) is 20.8 Å². The van der Waals surface area contributed by atoms with E-state index in [1.165, 1.54) is 0 Å². The van der Waals surface area contributed by atoms with Gasteiger partial charge in [0, 0.05) is 6.61 Å². The van der Waals surface area contributed by atoms with E-state index in [4.69, 9.17) is 13.3 Å². The van der Waals surface area contributed by atoms with E-state index in [-0.39, 0.29) is 0 Å². The molecular weight excluding hydrogens is 172 g/mol. The molecule has 0 heterocycles. The normalized spacial score (nSPS) is 9.67. The van der Waals surface area contributed by atoms with Crippen molar-refractivity contribution >= 4 is 9.53 Å². The first-order valence-corrected chi connectivity index (χ1v) is 4.95. The molecule has 0 aliphatic carbocycles. The summed E-state index contributed by atoms with van der Waals surface area (Å²) in [5.41, 5.74) is 0. The summed E-state index contributed by atoms with van der Waals surface area (Å²) in [6, 6.07) is 0. The molecule has 0 aromatic carbocycles. The lowest BCUT2D eigenvalue weighted by Gasteiger charge is -2.14. The summed E-state index contributed by atoms with van der Waals surface area (Å²) in [6.45, 7) is 13.2. The Morgan fingerprint density at radius 2 is 1.58 bits per heavy atom. The molecule has 0 rings (SSSR count). The van der Waals surface area contributed by atoms with E-state index in [0.717, 1.165) is 0 Å². The van der Waals surface area contributed by atoms with E-state index < -0.39 is 9.53 Å². The molecule has 0 amide bonds. The second kappa shape index (κ2) is 5.85. The molecule has 0 saturated heterocycles. The predicted octanol–water partition coefficient (Wildman–Crippen LogP) is 2.11. The Morgan fingerprint density at radius 3 is 1.83 bits per heavy atom. The van der Waals surface area contributed by atoms with Gasteiger partial charge in [-0.3, -0.25) is 0 Å². The van der Waals surface area contributed by atoms with Crippen LogP contribution in [0.15, 0.2) is 24.7 Å². The van der Waals surface area contributed by atoms with E-state index >= 15 is 0 Å². The van der Waals surface area contributed by atoms with Gasteiger partial charge in [-0.25, -0.2) is 0 Å². The van der Waals surface area contributed by atoms with E-state index in [0.29, 0.717) is 18.1 Å². The van der Waals surface area contributed by atoms with E-state index in [9.17, 15) is 0 Å². The molecule has 0 bridgehead atoms. The van der Waals surface area contributed by atoms with Crippen LogP contribution in [0.25, 0.3) is 0 Å². The third-order valence-electron chi connectivity index (χ3n) is 0.777. The lowest BCUT2D eigenvalue weighted by molar-refractivity contribution is 0.154. The van der Waals surface area contributed by atoms with Crippen LogP contribution in [0.5, 0.6) is 0 Å². The fraction of sp³-hybridized carbons (Fsp3) is 0.500. The molecule has 1 radical (unpaired) electrons. The standard InChI is InChI=1S/C8H15O3Si/c1-6-9-12(10-7(2)3)11-8(4)5/h2,4,6H2,1,3,5H3. The van der Waals surface area contributed by atoms with E-state index in [1.54, 1.807) is 13.8 Å². The average molecular weight is 187 g/mol. The highest BCUT2D eigenvalue weighted by Gasteiger charge is 2.22.